The highest BCUT2D eigenvalue weighted by Crippen LogP contribution is 2.41. The van der Waals surface area contributed by atoms with Gasteiger partial charge < -0.3 is 5.11 Å². The van der Waals surface area contributed by atoms with E-state index in [-0.39, 0.29) is 34.8 Å². The summed E-state index contributed by atoms with van der Waals surface area (Å²) in [5.41, 5.74) is -1.21. The lowest BCUT2D eigenvalue weighted by Crippen LogP contribution is -2.15. The van der Waals surface area contributed by atoms with Crippen LogP contribution >= 0.6 is 11.6 Å². The second-order valence-corrected chi connectivity index (χ2v) is 6.52. The molecule has 0 aliphatic carbocycles. The Kier molecular flexibility index (Phi) is 4.15. The number of fused-ring (bicyclic) bond motifs is 3. The van der Waals surface area contributed by atoms with Crippen molar-refractivity contribution in [1.82, 2.24) is 14.8 Å². The first kappa shape index (κ1) is 18.4. The SMILES string of the molecule is Cc1nnc2n1-c1ccc(C(F)(F)F)c(Cl)c1C(c1cc(O)ccc1F)=NC2. The summed E-state index contributed by atoms with van der Waals surface area (Å²) in [4.78, 5) is 4.27. The van der Waals surface area contributed by atoms with Gasteiger partial charge in [0.25, 0.3) is 0 Å². The number of nitrogens with zero attached hydrogens (tertiary/aromatic N) is 4. The lowest BCUT2D eigenvalue weighted by molar-refractivity contribution is -0.137. The Morgan fingerprint density at radius 3 is 2.61 bits per heavy atom. The van der Waals surface area contributed by atoms with Crippen LogP contribution in [0.2, 0.25) is 5.02 Å². The van der Waals surface area contributed by atoms with Gasteiger partial charge in [0.15, 0.2) is 5.82 Å². The highest BCUT2D eigenvalue weighted by atomic mass is 35.5. The van der Waals surface area contributed by atoms with Gasteiger partial charge in [0.05, 0.1) is 22.0 Å². The zero-order valence-electron chi connectivity index (χ0n) is 14.2. The number of halogens is 5. The number of benzene rings is 2. The Bertz CT molecular complexity index is 1140. The zero-order valence-corrected chi connectivity index (χ0v) is 15.0. The van der Waals surface area contributed by atoms with Crippen LogP contribution in [0, 0.1) is 12.7 Å². The van der Waals surface area contributed by atoms with Crippen molar-refractivity contribution in [3.8, 4) is 11.4 Å². The van der Waals surface area contributed by atoms with Crippen molar-refractivity contribution >= 4 is 17.3 Å². The average molecular weight is 411 g/mol. The second kappa shape index (κ2) is 6.30. The summed E-state index contributed by atoms with van der Waals surface area (Å²) in [6.45, 7) is 1.57. The van der Waals surface area contributed by atoms with Crippen molar-refractivity contribution in [2.24, 2.45) is 4.99 Å². The lowest BCUT2D eigenvalue weighted by atomic mass is 9.97. The van der Waals surface area contributed by atoms with Crippen LogP contribution in [0.4, 0.5) is 17.6 Å². The van der Waals surface area contributed by atoms with Gasteiger partial charge >= 0.3 is 6.18 Å². The number of phenolic OH excluding ortho intramolecular Hbond substituents is 1. The highest BCUT2D eigenvalue weighted by Gasteiger charge is 2.37. The van der Waals surface area contributed by atoms with Crippen LogP contribution in [-0.4, -0.2) is 25.6 Å². The molecule has 0 fully saturated rings. The summed E-state index contributed by atoms with van der Waals surface area (Å²) >= 11 is 6.17. The number of aromatic nitrogens is 3. The second-order valence-electron chi connectivity index (χ2n) is 6.15. The predicted molar refractivity (Wildman–Crippen MR) is 93.5 cm³/mol. The van der Waals surface area contributed by atoms with E-state index in [0.29, 0.717) is 11.6 Å². The third kappa shape index (κ3) is 2.82. The van der Waals surface area contributed by atoms with E-state index >= 15 is 0 Å². The van der Waals surface area contributed by atoms with E-state index < -0.39 is 22.6 Å². The van der Waals surface area contributed by atoms with Gasteiger partial charge in [0.1, 0.15) is 23.9 Å². The van der Waals surface area contributed by atoms with Crippen molar-refractivity contribution in [3.05, 3.63) is 69.5 Å². The number of rotatable bonds is 1. The Balaban J connectivity index is 2.09. The molecule has 0 spiro atoms. The summed E-state index contributed by atoms with van der Waals surface area (Å²) in [5.74, 6) is -0.237. The first-order valence-corrected chi connectivity index (χ1v) is 8.41. The first-order chi connectivity index (χ1) is 13.2. The normalized spacial score (nSPS) is 13.6. The molecule has 1 N–H and O–H groups in total. The summed E-state index contributed by atoms with van der Waals surface area (Å²) in [6, 6.07) is 5.31. The summed E-state index contributed by atoms with van der Waals surface area (Å²) < 4.78 is 56.3. The smallest absolute Gasteiger partial charge is 0.417 e. The molecule has 0 saturated carbocycles. The molecule has 1 aliphatic heterocycles. The summed E-state index contributed by atoms with van der Waals surface area (Å²) in [7, 11) is 0. The fourth-order valence-corrected chi connectivity index (χ4v) is 3.52. The minimum absolute atomic E-state index is 0.0579. The molecule has 0 amide bonds. The number of hydrogen-bond acceptors (Lipinski definition) is 4. The molecule has 4 rings (SSSR count). The van der Waals surface area contributed by atoms with E-state index in [1.54, 1.807) is 6.92 Å². The fraction of sp³-hybridized carbons (Fsp3) is 0.167. The Labute approximate surface area is 160 Å². The van der Waals surface area contributed by atoms with Crippen LogP contribution in [0.25, 0.3) is 5.69 Å². The van der Waals surface area contributed by atoms with E-state index in [4.69, 9.17) is 11.6 Å². The molecule has 2 aromatic carbocycles. The molecule has 1 aromatic heterocycles. The van der Waals surface area contributed by atoms with Crippen molar-refractivity contribution in [1.29, 1.82) is 0 Å². The van der Waals surface area contributed by atoms with E-state index in [9.17, 15) is 22.7 Å². The average Bonchev–Trinajstić information content (AvgIpc) is 2.89. The third-order valence-electron chi connectivity index (χ3n) is 4.38. The highest BCUT2D eigenvalue weighted by molar-refractivity contribution is 6.37. The molecule has 0 bridgehead atoms. The van der Waals surface area contributed by atoms with Gasteiger partial charge in [-0.05, 0) is 37.3 Å². The predicted octanol–water partition coefficient (Wildman–Crippen LogP) is 4.44. The maximum atomic E-state index is 14.5. The van der Waals surface area contributed by atoms with Crippen LogP contribution in [0.3, 0.4) is 0 Å². The van der Waals surface area contributed by atoms with Crippen molar-refractivity contribution in [2.75, 3.05) is 0 Å². The number of hydrogen-bond donors (Lipinski definition) is 1. The Morgan fingerprint density at radius 1 is 1.14 bits per heavy atom. The van der Waals surface area contributed by atoms with Gasteiger partial charge in [-0.1, -0.05) is 11.6 Å². The molecule has 144 valence electrons. The quantitative estimate of drug-likeness (QED) is 0.603. The fourth-order valence-electron chi connectivity index (χ4n) is 3.16. The van der Waals surface area contributed by atoms with E-state index in [1.807, 2.05) is 0 Å². The molecule has 5 nitrogen and oxygen atoms in total. The van der Waals surface area contributed by atoms with Crippen LogP contribution in [0.15, 0.2) is 35.3 Å². The van der Waals surface area contributed by atoms with E-state index in [2.05, 4.69) is 15.2 Å². The number of aromatic hydroxyl groups is 1. The molecule has 0 unspecified atom stereocenters. The zero-order chi connectivity index (χ0) is 20.2. The Morgan fingerprint density at radius 2 is 1.89 bits per heavy atom. The largest absolute Gasteiger partial charge is 0.508 e. The molecule has 0 radical (unpaired) electrons. The molecule has 3 aromatic rings. The minimum Gasteiger partial charge on any atom is -0.508 e. The van der Waals surface area contributed by atoms with Crippen molar-refractivity contribution < 1.29 is 22.7 Å². The minimum atomic E-state index is -4.72. The van der Waals surface area contributed by atoms with Gasteiger partial charge in [-0.25, -0.2) is 4.39 Å². The Hall–Kier alpha value is -2.94. The molecule has 1 aliphatic rings. The van der Waals surface area contributed by atoms with E-state index in [0.717, 1.165) is 24.3 Å². The number of alkyl halides is 3. The molecule has 0 saturated heterocycles. The van der Waals surface area contributed by atoms with E-state index in [1.165, 1.54) is 10.6 Å². The maximum Gasteiger partial charge on any atom is 0.417 e. The third-order valence-corrected chi connectivity index (χ3v) is 4.77. The lowest BCUT2D eigenvalue weighted by Gasteiger charge is -2.18. The molecule has 2 heterocycles. The standard InChI is InChI=1S/C18H11ClF4N4O/c1-8-25-26-14-7-24-17(10-6-9(28)2-4-12(10)20)15-13(27(8)14)5-3-11(16(15)19)18(21,22)23/h2-6,28H,7H2,1H3. The summed E-state index contributed by atoms with van der Waals surface area (Å²) in [5, 5.41) is 17.1. The molecule has 10 heteroatoms. The first-order valence-electron chi connectivity index (χ1n) is 8.03. The molecule has 0 atom stereocenters. The van der Waals surface area contributed by atoms with Crippen molar-refractivity contribution in [2.45, 2.75) is 19.6 Å². The molecule has 28 heavy (non-hydrogen) atoms. The topological polar surface area (TPSA) is 63.3 Å². The number of aliphatic imine (C=N–C) groups is 1. The van der Waals surface area contributed by atoms with Gasteiger partial charge in [-0.2, -0.15) is 13.2 Å². The van der Waals surface area contributed by atoms with Gasteiger partial charge in [0, 0.05) is 11.1 Å². The monoisotopic (exact) mass is 410 g/mol. The number of phenols is 1. The van der Waals surface area contributed by atoms with Gasteiger partial charge in [-0.3, -0.25) is 9.56 Å². The molecular weight excluding hydrogens is 400 g/mol. The number of aryl methyl sites for hydroxylation is 1. The maximum absolute atomic E-state index is 14.5. The van der Waals surface area contributed by atoms with Gasteiger partial charge in [-0.15, -0.1) is 10.2 Å². The van der Waals surface area contributed by atoms with Crippen molar-refractivity contribution in [3.63, 3.8) is 0 Å². The van der Waals surface area contributed by atoms with Crippen LogP contribution in [-0.2, 0) is 12.7 Å². The van der Waals surface area contributed by atoms with Crippen LogP contribution < -0.4 is 0 Å². The van der Waals surface area contributed by atoms with Gasteiger partial charge in [0.2, 0.25) is 0 Å². The van der Waals surface area contributed by atoms with Crippen LogP contribution in [0.1, 0.15) is 28.3 Å². The molecular formula is C18H11ClF4N4O. The summed E-state index contributed by atoms with van der Waals surface area (Å²) in [6.07, 6.45) is -4.72. The van der Waals surface area contributed by atoms with Crippen LogP contribution in [0.5, 0.6) is 5.75 Å².